The van der Waals surface area contributed by atoms with E-state index in [2.05, 4.69) is 15.9 Å². The van der Waals surface area contributed by atoms with Crippen LogP contribution in [-0.2, 0) is 6.18 Å². The number of benzene rings is 1. The van der Waals surface area contributed by atoms with Gasteiger partial charge in [-0.15, -0.1) is 0 Å². The minimum Gasteiger partial charge on any atom is -0.336 e. The normalized spacial score (nSPS) is 17.4. The standard InChI is InChI=1S/C13H14BrF3N2O/c1-18-4-6-19(7-5-18)12(20)10-3-2-9(14)8-11(10)13(15,16)17/h2-3,8H,4-7H2,1H3. The molecule has 1 aromatic rings. The number of amides is 1. The van der Waals surface area contributed by atoms with Crippen LogP contribution < -0.4 is 0 Å². The van der Waals surface area contributed by atoms with Gasteiger partial charge in [0.15, 0.2) is 0 Å². The molecule has 0 aliphatic carbocycles. The third kappa shape index (κ3) is 3.32. The van der Waals surface area contributed by atoms with Crippen LogP contribution in [0.3, 0.4) is 0 Å². The van der Waals surface area contributed by atoms with Gasteiger partial charge in [-0.2, -0.15) is 13.2 Å². The maximum Gasteiger partial charge on any atom is 0.417 e. The molecule has 0 radical (unpaired) electrons. The highest BCUT2D eigenvalue weighted by Crippen LogP contribution is 2.34. The number of halogens is 4. The summed E-state index contributed by atoms with van der Waals surface area (Å²) < 4.78 is 39.4. The lowest BCUT2D eigenvalue weighted by Crippen LogP contribution is -2.47. The van der Waals surface area contributed by atoms with Crippen molar-refractivity contribution in [1.82, 2.24) is 9.80 Å². The number of nitrogens with zero attached hydrogens (tertiary/aromatic N) is 2. The Kier molecular flexibility index (Phi) is 4.39. The number of carbonyl (C=O) groups is 1. The summed E-state index contributed by atoms with van der Waals surface area (Å²) in [7, 11) is 1.92. The van der Waals surface area contributed by atoms with Gasteiger partial charge in [-0.1, -0.05) is 15.9 Å². The number of hydrogen-bond acceptors (Lipinski definition) is 2. The molecule has 0 N–H and O–H groups in total. The third-order valence-corrected chi connectivity index (χ3v) is 3.80. The van der Waals surface area contributed by atoms with E-state index in [1.54, 1.807) is 0 Å². The molecule has 1 saturated heterocycles. The maximum atomic E-state index is 13.0. The Morgan fingerprint density at radius 2 is 1.80 bits per heavy atom. The molecule has 3 nitrogen and oxygen atoms in total. The first-order valence-electron chi connectivity index (χ1n) is 6.13. The molecule has 110 valence electrons. The highest BCUT2D eigenvalue weighted by molar-refractivity contribution is 9.10. The second-order valence-corrected chi connectivity index (χ2v) is 5.70. The molecule has 1 aliphatic heterocycles. The van der Waals surface area contributed by atoms with Crippen LogP contribution in [0.15, 0.2) is 22.7 Å². The average Bonchev–Trinajstić information content (AvgIpc) is 2.38. The topological polar surface area (TPSA) is 23.6 Å². The third-order valence-electron chi connectivity index (χ3n) is 3.31. The van der Waals surface area contributed by atoms with E-state index in [-0.39, 0.29) is 5.56 Å². The van der Waals surface area contributed by atoms with Gasteiger partial charge >= 0.3 is 6.18 Å². The minimum atomic E-state index is -4.54. The van der Waals surface area contributed by atoms with E-state index in [1.807, 2.05) is 11.9 Å². The van der Waals surface area contributed by atoms with Crippen LogP contribution in [0.5, 0.6) is 0 Å². The van der Waals surface area contributed by atoms with Gasteiger partial charge in [0.25, 0.3) is 5.91 Å². The lowest BCUT2D eigenvalue weighted by molar-refractivity contribution is -0.138. The number of rotatable bonds is 1. The zero-order valence-corrected chi connectivity index (χ0v) is 12.5. The number of likely N-dealkylation sites (N-methyl/N-ethyl adjacent to an activating group) is 1. The minimum absolute atomic E-state index is 0.287. The SMILES string of the molecule is CN1CCN(C(=O)c2ccc(Br)cc2C(F)(F)F)CC1. The van der Waals surface area contributed by atoms with Gasteiger partial charge in [-0.05, 0) is 25.2 Å². The summed E-state index contributed by atoms with van der Waals surface area (Å²) in [6, 6.07) is 3.63. The van der Waals surface area contributed by atoms with Crippen LogP contribution in [0.25, 0.3) is 0 Å². The molecule has 1 aromatic carbocycles. The highest BCUT2D eigenvalue weighted by atomic mass is 79.9. The zero-order chi connectivity index (χ0) is 14.9. The van der Waals surface area contributed by atoms with Gasteiger partial charge in [0, 0.05) is 30.7 Å². The molecule has 1 aliphatic rings. The first-order valence-corrected chi connectivity index (χ1v) is 6.93. The Hall–Kier alpha value is -1.08. The molecule has 20 heavy (non-hydrogen) atoms. The summed E-state index contributed by atoms with van der Waals surface area (Å²) in [6.07, 6.45) is -4.54. The van der Waals surface area contributed by atoms with E-state index in [0.29, 0.717) is 30.7 Å². The van der Waals surface area contributed by atoms with Crippen LogP contribution in [0.1, 0.15) is 15.9 Å². The van der Waals surface area contributed by atoms with Crippen molar-refractivity contribution in [2.45, 2.75) is 6.18 Å². The monoisotopic (exact) mass is 350 g/mol. The summed E-state index contributed by atoms with van der Waals surface area (Å²) in [5, 5.41) is 0. The first-order chi connectivity index (χ1) is 9.29. The van der Waals surface area contributed by atoms with Crippen LogP contribution in [0.4, 0.5) is 13.2 Å². The van der Waals surface area contributed by atoms with Gasteiger partial charge in [0.2, 0.25) is 0 Å². The highest BCUT2D eigenvalue weighted by Gasteiger charge is 2.36. The Morgan fingerprint density at radius 1 is 1.20 bits per heavy atom. The summed E-state index contributed by atoms with van der Waals surface area (Å²) >= 11 is 3.01. The van der Waals surface area contributed by atoms with Crippen LogP contribution in [0.2, 0.25) is 0 Å². The number of carbonyl (C=O) groups excluding carboxylic acids is 1. The zero-order valence-electron chi connectivity index (χ0n) is 10.9. The Bertz CT molecular complexity index is 511. The van der Waals surface area contributed by atoms with Crippen molar-refractivity contribution < 1.29 is 18.0 Å². The molecule has 0 aromatic heterocycles. The molecule has 2 rings (SSSR count). The molecule has 1 fully saturated rings. The predicted molar refractivity (Wildman–Crippen MR) is 72.5 cm³/mol. The first kappa shape index (κ1) is 15.3. The van der Waals surface area contributed by atoms with Crippen molar-refractivity contribution in [2.75, 3.05) is 33.2 Å². The van der Waals surface area contributed by atoms with Crippen molar-refractivity contribution in [1.29, 1.82) is 0 Å². The second kappa shape index (κ2) is 5.73. The van der Waals surface area contributed by atoms with Crippen molar-refractivity contribution in [3.05, 3.63) is 33.8 Å². The van der Waals surface area contributed by atoms with Crippen LogP contribution in [0, 0.1) is 0 Å². The molecule has 0 unspecified atom stereocenters. The smallest absolute Gasteiger partial charge is 0.336 e. The van der Waals surface area contributed by atoms with E-state index in [4.69, 9.17) is 0 Å². The lowest BCUT2D eigenvalue weighted by Gasteiger charge is -2.33. The Morgan fingerprint density at radius 3 is 2.35 bits per heavy atom. The van der Waals surface area contributed by atoms with Gasteiger partial charge in [-0.3, -0.25) is 4.79 Å². The number of alkyl halides is 3. The predicted octanol–water partition coefficient (Wildman–Crippen LogP) is 2.86. The van der Waals surface area contributed by atoms with Crippen LogP contribution >= 0.6 is 15.9 Å². The summed E-state index contributed by atoms with van der Waals surface area (Å²) in [5.74, 6) is -0.557. The summed E-state index contributed by atoms with van der Waals surface area (Å²) in [6.45, 7) is 2.23. The molecular weight excluding hydrogens is 337 g/mol. The van der Waals surface area contributed by atoms with E-state index >= 15 is 0 Å². The Balaban J connectivity index is 2.30. The fraction of sp³-hybridized carbons (Fsp3) is 0.462. The van der Waals surface area contributed by atoms with Gasteiger partial charge in [-0.25, -0.2) is 0 Å². The molecule has 1 amide bonds. The molecule has 0 bridgehead atoms. The van der Waals surface area contributed by atoms with Crippen molar-refractivity contribution in [2.24, 2.45) is 0 Å². The van der Waals surface area contributed by atoms with E-state index in [9.17, 15) is 18.0 Å². The van der Waals surface area contributed by atoms with E-state index < -0.39 is 17.6 Å². The van der Waals surface area contributed by atoms with Gasteiger partial charge in [0.05, 0.1) is 11.1 Å². The largest absolute Gasteiger partial charge is 0.417 e. The molecule has 0 atom stereocenters. The fourth-order valence-corrected chi connectivity index (χ4v) is 2.48. The summed E-state index contributed by atoms with van der Waals surface area (Å²) in [4.78, 5) is 15.8. The van der Waals surface area contributed by atoms with E-state index in [0.717, 1.165) is 6.07 Å². The van der Waals surface area contributed by atoms with Crippen LogP contribution in [-0.4, -0.2) is 48.9 Å². The molecule has 7 heteroatoms. The summed E-state index contributed by atoms with van der Waals surface area (Å²) in [5.41, 5.74) is -1.18. The molecule has 1 heterocycles. The average molecular weight is 351 g/mol. The van der Waals surface area contributed by atoms with Crippen molar-refractivity contribution in [3.8, 4) is 0 Å². The van der Waals surface area contributed by atoms with E-state index in [1.165, 1.54) is 17.0 Å². The number of hydrogen-bond donors (Lipinski definition) is 0. The fourth-order valence-electron chi connectivity index (χ4n) is 2.12. The molecule has 0 saturated carbocycles. The molecular formula is C13H14BrF3N2O. The second-order valence-electron chi connectivity index (χ2n) is 4.78. The molecule has 0 spiro atoms. The van der Waals surface area contributed by atoms with Gasteiger partial charge < -0.3 is 9.80 Å². The maximum absolute atomic E-state index is 13.0. The number of piperazine rings is 1. The quantitative estimate of drug-likeness (QED) is 0.777. The lowest BCUT2D eigenvalue weighted by atomic mass is 10.1. The van der Waals surface area contributed by atoms with Crippen molar-refractivity contribution in [3.63, 3.8) is 0 Å². The van der Waals surface area contributed by atoms with Gasteiger partial charge in [0.1, 0.15) is 0 Å². The Labute approximate surface area is 123 Å². The van der Waals surface area contributed by atoms with Crippen molar-refractivity contribution >= 4 is 21.8 Å².